The first kappa shape index (κ1) is 20.0. The van der Waals surface area contributed by atoms with Gasteiger partial charge in [-0.2, -0.15) is 9.61 Å². The molecule has 0 aliphatic rings. The number of benzene rings is 2. The molecule has 30 heavy (non-hydrogen) atoms. The summed E-state index contributed by atoms with van der Waals surface area (Å²) in [5.41, 5.74) is 2.65. The molecule has 152 valence electrons. The van der Waals surface area contributed by atoms with Crippen LogP contribution in [0.5, 0.6) is 5.88 Å². The largest absolute Gasteiger partial charge is 0.493 e. The SMILES string of the molecule is CCOC(=O)C(C)c1cnc2c(-c3ccc(Sc4ccccc4)cc3)cnn2c1O. The van der Waals surface area contributed by atoms with Crippen molar-refractivity contribution in [3.05, 3.63) is 72.6 Å². The molecule has 0 saturated carbocycles. The summed E-state index contributed by atoms with van der Waals surface area (Å²) in [7, 11) is 0. The normalized spacial score (nSPS) is 12.1. The molecule has 1 unspecified atom stereocenters. The number of rotatable bonds is 6. The van der Waals surface area contributed by atoms with Crippen LogP contribution < -0.4 is 0 Å². The quantitative estimate of drug-likeness (QED) is 0.447. The van der Waals surface area contributed by atoms with Crippen LogP contribution in [-0.4, -0.2) is 32.3 Å². The van der Waals surface area contributed by atoms with Crippen molar-refractivity contribution in [1.82, 2.24) is 14.6 Å². The Morgan fingerprint density at radius 2 is 1.80 bits per heavy atom. The van der Waals surface area contributed by atoms with Crippen LogP contribution in [0.4, 0.5) is 0 Å². The van der Waals surface area contributed by atoms with Gasteiger partial charge in [-0.3, -0.25) is 4.79 Å². The highest BCUT2D eigenvalue weighted by Crippen LogP contribution is 2.33. The van der Waals surface area contributed by atoms with Gasteiger partial charge in [0.2, 0.25) is 5.88 Å². The van der Waals surface area contributed by atoms with E-state index in [2.05, 4.69) is 22.2 Å². The van der Waals surface area contributed by atoms with E-state index in [1.807, 2.05) is 42.5 Å². The number of carbonyl (C=O) groups excluding carboxylic acids is 1. The predicted molar refractivity (Wildman–Crippen MR) is 116 cm³/mol. The van der Waals surface area contributed by atoms with Crippen molar-refractivity contribution in [3.63, 3.8) is 0 Å². The molecule has 0 bridgehead atoms. The number of aromatic hydroxyl groups is 1. The lowest BCUT2D eigenvalue weighted by molar-refractivity contribution is -0.144. The van der Waals surface area contributed by atoms with E-state index in [0.717, 1.165) is 16.0 Å². The molecule has 0 spiro atoms. The molecule has 0 aliphatic heterocycles. The van der Waals surface area contributed by atoms with E-state index in [4.69, 9.17) is 4.74 Å². The number of aromatic nitrogens is 3. The first-order chi connectivity index (χ1) is 14.6. The monoisotopic (exact) mass is 419 g/mol. The summed E-state index contributed by atoms with van der Waals surface area (Å²) in [4.78, 5) is 18.8. The number of hydrogen-bond acceptors (Lipinski definition) is 6. The number of fused-ring (bicyclic) bond motifs is 1. The van der Waals surface area contributed by atoms with Crippen LogP contribution in [0.25, 0.3) is 16.8 Å². The smallest absolute Gasteiger partial charge is 0.313 e. The third kappa shape index (κ3) is 3.89. The van der Waals surface area contributed by atoms with Crippen molar-refractivity contribution in [1.29, 1.82) is 0 Å². The van der Waals surface area contributed by atoms with Gasteiger partial charge in [-0.15, -0.1) is 0 Å². The van der Waals surface area contributed by atoms with Crippen LogP contribution in [0, 0.1) is 0 Å². The highest BCUT2D eigenvalue weighted by atomic mass is 32.2. The van der Waals surface area contributed by atoms with E-state index in [1.54, 1.807) is 31.8 Å². The van der Waals surface area contributed by atoms with Gasteiger partial charge in [0.15, 0.2) is 5.65 Å². The van der Waals surface area contributed by atoms with Gasteiger partial charge >= 0.3 is 5.97 Å². The van der Waals surface area contributed by atoms with E-state index < -0.39 is 11.9 Å². The number of esters is 1. The zero-order valence-electron chi connectivity index (χ0n) is 16.6. The molecule has 4 rings (SSSR count). The molecule has 0 aliphatic carbocycles. The van der Waals surface area contributed by atoms with Crippen LogP contribution in [0.1, 0.15) is 25.3 Å². The van der Waals surface area contributed by atoms with Crippen molar-refractivity contribution in [2.45, 2.75) is 29.6 Å². The maximum Gasteiger partial charge on any atom is 0.313 e. The van der Waals surface area contributed by atoms with Crippen LogP contribution in [0.2, 0.25) is 0 Å². The van der Waals surface area contributed by atoms with Gasteiger partial charge in [0.05, 0.1) is 18.7 Å². The Labute approximate surface area is 178 Å². The van der Waals surface area contributed by atoms with E-state index in [9.17, 15) is 9.90 Å². The molecule has 0 amide bonds. The Morgan fingerprint density at radius 1 is 1.10 bits per heavy atom. The van der Waals surface area contributed by atoms with Gasteiger partial charge in [0, 0.05) is 27.1 Å². The Balaban J connectivity index is 1.62. The minimum atomic E-state index is -0.635. The van der Waals surface area contributed by atoms with Crippen LogP contribution in [0.3, 0.4) is 0 Å². The van der Waals surface area contributed by atoms with Crippen molar-refractivity contribution in [3.8, 4) is 17.0 Å². The number of hydrogen-bond donors (Lipinski definition) is 1. The molecule has 4 aromatic rings. The highest BCUT2D eigenvalue weighted by molar-refractivity contribution is 7.99. The molecule has 0 saturated heterocycles. The van der Waals surface area contributed by atoms with Gasteiger partial charge in [-0.05, 0) is 43.7 Å². The first-order valence-electron chi connectivity index (χ1n) is 9.64. The minimum Gasteiger partial charge on any atom is -0.493 e. The number of ether oxygens (including phenoxy) is 1. The Hall–Kier alpha value is -3.32. The zero-order chi connectivity index (χ0) is 21.1. The van der Waals surface area contributed by atoms with Gasteiger partial charge in [-0.25, -0.2) is 4.98 Å². The fourth-order valence-electron chi connectivity index (χ4n) is 3.16. The number of carbonyl (C=O) groups is 1. The van der Waals surface area contributed by atoms with Crippen molar-refractivity contribution < 1.29 is 14.6 Å². The third-order valence-electron chi connectivity index (χ3n) is 4.78. The van der Waals surface area contributed by atoms with E-state index in [-0.39, 0.29) is 12.5 Å². The topological polar surface area (TPSA) is 76.7 Å². The standard InChI is InChI=1S/C23H21N3O3S/c1-3-29-23(28)15(2)19-13-24-21-20(14-25-26(21)22(19)27)16-9-11-18(12-10-16)30-17-7-5-4-6-8-17/h4-15,27H,3H2,1-2H3. The van der Waals surface area contributed by atoms with Crippen LogP contribution in [-0.2, 0) is 9.53 Å². The average Bonchev–Trinajstić information content (AvgIpc) is 3.20. The fraction of sp³-hybridized carbons (Fsp3) is 0.174. The summed E-state index contributed by atoms with van der Waals surface area (Å²) in [6, 6.07) is 18.3. The van der Waals surface area contributed by atoms with E-state index >= 15 is 0 Å². The summed E-state index contributed by atoms with van der Waals surface area (Å²) < 4.78 is 6.40. The van der Waals surface area contributed by atoms with Crippen LogP contribution >= 0.6 is 11.8 Å². The molecule has 1 N–H and O–H groups in total. The highest BCUT2D eigenvalue weighted by Gasteiger charge is 2.23. The maximum atomic E-state index is 12.0. The third-order valence-corrected chi connectivity index (χ3v) is 5.80. The van der Waals surface area contributed by atoms with Crippen molar-refractivity contribution >= 4 is 23.4 Å². The van der Waals surface area contributed by atoms with Crippen LogP contribution in [0.15, 0.2) is 76.8 Å². The zero-order valence-corrected chi connectivity index (χ0v) is 17.5. The summed E-state index contributed by atoms with van der Waals surface area (Å²) in [5, 5.41) is 14.9. The van der Waals surface area contributed by atoms with Gasteiger partial charge in [0.25, 0.3) is 0 Å². The molecule has 2 heterocycles. The molecule has 0 radical (unpaired) electrons. The molecule has 1 atom stereocenters. The summed E-state index contributed by atoms with van der Waals surface area (Å²) in [6.07, 6.45) is 3.18. The lowest BCUT2D eigenvalue weighted by Gasteiger charge is -2.12. The molecular weight excluding hydrogens is 398 g/mol. The van der Waals surface area contributed by atoms with Gasteiger partial charge in [-0.1, -0.05) is 42.1 Å². The molecule has 2 aromatic heterocycles. The lowest BCUT2D eigenvalue weighted by Crippen LogP contribution is -2.14. The Kier molecular flexibility index (Phi) is 5.72. The molecule has 7 heteroatoms. The minimum absolute atomic E-state index is 0.108. The average molecular weight is 420 g/mol. The van der Waals surface area contributed by atoms with E-state index in [1.165, 1.54) is 15.6 Å². The van der Waals surface area contributed by atoms with E-state index in [0.29, 0.717) is 11.2 Å². The molecule has 0 fully saturated rings. The summed E-state index contributed by atoms with van der Waals surface area (Å²) in [6.45, 7) is 3.70. The number of nitrogens with zero attached hydrogens (tertiary/aromatic N) is 3. The Morgan fingerprint density at radius 3 is 2.50 bits per heavy atom. The summed E-state index contributed by atoms with van der Waals surface area (Å²) >= 11 is 1.69. The van der Waals surface area contributed by atoms with Crippen molar-refractivity contribution in [2.24, 2.45) is 0 Å². The molecule has 2 aromatic carbocycles. The maximum absolute atomic E-state index is 12.0. The first-order valence-corrected chi connectivity index (χ1v) is 10.5. The summed E-state index contributed by atoms with van der Waals surface area (Å²) in [5.74, 6) is -1.15. The second kappa shape index (κ2) is 8.59. The van der Waals surface area contributed by atoms with Crippen molar-refractivity contribution in [2.75, 3.05) is 6.61 Å². The fourth-order valence-corrected chi connectivity index (χ4v) is 4.00. The predicted octanol–water partition coefficient (Wildman–Crippen LogP) is 4.92. The second-order valence-corrected chi connectivity index (χ2v) is 7.89. The van der Waals surface area contributed by atoms with Gasteiger partial charge in [0.1, 0.15) is 0 Å². The molecule has 6 nitrogen and oxygen atoms in total. The molecular formula is C23H21N3O3S. The lowest BCUT2D eigenvalue weighted by atomic mass is 10.0. The Bertz CT molecular complexity index is 1170. The van der Waals surface area contributed by atoms with Gasteiger partial charge < -0.3 is 9.84 Å². The second-order valence-electron chi connectivity index (χ2n) is 6.74.